The molecule has 0 nitrogen and oxygen atoms in total. The number of rotatable bonds is 2. The summed E-state index contributed by atoms with van der Waals surface area (Å²) >= 11 is 0.158. The molecule has 1 aliphatic heterocycles. The van der Waals surface area contributed by atoms with Gasteiger partial charge in [0.15, 0.2) is 0 Å². The van der Waals surface area contributed by atoms with E-state index in [4.69, 9.17) is 0 Å². The van der Waals surface area contributed by atoms with Crippen LogP contribution in [0.5, 0.6) is 0 Å². The molecule has 0 aromatic carbocycles. The number of hydrogen-bond donors (Lipinski definition) is 0. The van der Waals surface area contributed by atoms with Gasteiger partial charge in [0.25, 0.3) is 0 Å². The third-order valence-corrected chi connectivity index (χ3v) is 15.0. The molecule has 33 heavy (non-hydrogen) atoms. The first-order valence-electron chi connectivity index (χ1n) is 11.8. The molecule has 2 heterocycles. The van der Waals surface area contributed by atoms with Gasteiger partial charge in [-0.25, -0.2) is 0 Å². The summed E-state index contributed by atoms with van der Waals surface area (Å²) in [5, 5.41) is 0. The molecule has 1 aromatic rings. The Bertz CT molecular complexity index is 914. The molecule has 184 valence electrons. The molecule has 1 aliphatic rings. The maximum atomic E-state index is 2.47. The van der Waals surface area contributed by atoms with Crippen molar-refractivity contribution in [2.45, 2.75) is 101 Å². The van der Waals surface area contributed by atoms with Crippen molar-refractivity contribution in [1.82, 2.24) is 0 Å². The van der Waals surface area contributed by atoms with Crippen LogP contribution in [0.4, 0.5) is 0 Å². The molecule has 0 saturated heterocycles. The van der Waals surface area contributed by atoms with Crippen LogP contribution in [-0.2, 0) is 10.8 Å². The first-order chi connectivity index (χ1) is 14.3. The second-order valence-corrected chi connectivity index (χ2v) is 18.6. The van der Waals surface area contributed by atoms with E-state index < -0.39 is 0 Å². The van der Waals surface area contributed by atoms with Gasteiger partial charge in [0.05, 0.1) is 0 Å². The summed E-state index contributed by atoms with van der Waals surface area (Å²) in [5.74, 6) is 0. The van der Waals surface area contributed by atoms with Crippen molar-refractivity contribution in [3.8, 4) is 0 Å². The van der Waals surface area contributed by atoms with Crippen LogP contribution in [0.3, 0.4) is 0 Å². The monoisotopic (exact) mass is 650 g/mol. The van der Waals surface area contributed by atoms with Gasteiger partial charge in [0.1, 0.15) is 0 Å². The summed E-state index contributed by atoms with van der Waals surface area (Å²) in [5.41, 5.74) is 5.04. The van der Waals surface area contributed by atoms with E-state index >= 15 is 0 Å². The molecule has 2 rings (SSSR count). The van der Waals surface area contributed by atoms with Gasteiger partial charge in [0.2, 0.25) is 0 Å². The molecule has 1 aromatic heterocycles. The summed E-state index contributed by atoms with van der Waals surface area (Å²) < 4.78 is 6.51. The van der Waals surface area contributed by atoms with Crippen molar-refractivity contribution in [1.29, 1.82) is 0 Å². The molecular formula is C30H45ClSeTe. The molecule has 0 atom stereocenters. The summed E-state index contributed by atoms with van der Waals surface area (Å²) in [6, 6.07) is 4.95. The molecule has 3 heteroatoms. The van der Waals surface area contributed by atoms with Gasteiger partial charge in [-0.15, -0.1) is 0 Å². The third-order valence-electron chi connectivity index (χ3n) is 5.55. The molecule has 0 amide bonds. The second-order valence-electron chi connectivity index (χ2n) is 13.2. The van der Waals surface area contributed by atoms with Gasteiger partial charge in [-0.05, 0) is 0 Å². The average molecular weight is 648 g/mol. The van der Waals surface area contributed by atoms with Crippen LogP contribution in [0.1, 0.15) is 103 Å². The molecule has 0 fully saturated rings. The third kappa shape index (κ3) is 8.81. The van der Waals surface area contributed by atoms with Gasteiger partial charge in [-0.1, -0.05) is 0 Å². The average Bonchev–Trinajstić information content (AvgIpc) is 2.62. The van der Waals surface area contributed by atoms with E-state index in [0.29, 0.717) is 15.0 Å². The summed E-state index contributed by atoms with van der Waals surface area (Å²) in [7, 11) is 0. The van der Waals surface area contributed by atoms with Gasteiger partial charge >= 0.3 is 216 Å². The van der Waals surface area contributed by atoms with Crippen molar-refractivity contribution in [2.75, 3.05) is 0 Å². The van der Waals surface area contributed by atoms with E-state index in [9.17, 15) is 0 Å². The Morgan fingerprint density at radius 1 is 0.697 bits per heavy atom. The molecule has 0 bridgehead atoms. The zero-order valence-electron chi connectivity index (χ0n) is 23.2. The molecule has 0 radical (unpaired) electrons. The van der Waals surface area contributed by atoms with E-state index in [-0.39, 0.29) is 54.5 Å². The van der Waals surface area contributed by atoms with Crippen molar-refractivity contribution in [3.05, 3.63) is 63.2 Å². The van der Waals surface area contributed by atoms with Gasteiger partial charge in [0, 0.05) is 0 Å². The normalized spacial score (nSPS) is 15.8. The SMILES string of the molecule is CC(/C=C/c1cc(C(C)(C)C)[te+]c(C(C)(C)C)c1)=C1C=C(C(C)(C)C)[Se]C(C(C)(C)C)=C1.[Cl-]. The number of halogens is 1. The van der Waals surface area contributed by atoms with Crippen LogP contribution in [-0.4, -0.2) is 35.4 Å². The molecule has 0 unspecified atom stereocenters. The quantitative estimate of drug-likeness (QED) is 0.371. The first kappa shape index (κ1) is 30.9. The summed E-state index contributed by atoms with van der Waals surface area (Å²) in [4.78, 5) is 0. The molecule has 0 N–H and O–H groups in total. The molecular weight excluding hydrogens is 602 g/mol. The van der Waals surface area contributed by atoms with Crippen LogP contribution in [0.25, 0.3) is 6.08 Å². The van der Waals surface area contributed by atoms with E-state index in [1.165, 1.54) is 16.7 Å². The van der Waals surface area contributed by atoms with Crippen LogP contribution >= 0.6 is 0 Å². The predicted molar refractivity (Wildman–Crippen MR) is 148 cm³/mol. The predicted octanol–water partition coefficient (Wildman–Crippen LogP) is 5.53. The van der Waals surface area contributed by atoms with Gasteiger partial charge < -0.3 is 12.4 Å². The van der Waals surface area contributed by atoms with Gasteiger partial charge in [-0.3, -0.25) is 0 Å². The fourth-order valence-corrected chi connectivity index (χ4v) is 9.24. The van der Waals surface area contributed by atoms with E-state index in [1.54, 1.807) is 16.1 Å². The van der Waals surface area contributed by atoms with Crippen LogP contribution in [0.2, 0.25) is 0 Å². The van der Waals surface area contributed by atoms with E-state index in [1.807, 2.05) is 0 Å². The zero-order valence-corrected chi connectivity index (χ0v) is 28.0. The van der Waals surface area contributed by atoms with E-state index in [2.05, 4.69) is 126 Å². The Balaban J connectivity index is 0.00000544. The molecule has 0 aliphatic carbocycles. The Morgan fingerprint density at radius 2 is 1.09 bits per heavy atom. The minimum absolute atomic E-state index is 0. The largest absolute Gasteiger partial charge is 1.00 e. The molecule has 0 spiro atoms. The number of hydrogen-bond acceptors (Lipinski definition) is 0. The molecule has 0 saturated carbocycles. The Kier molecular flexibility index (Phi) is 10.2. The minimum atomic E-state index is -0.273. The Morgan fingerprint density at radius 3 is 1.42 bits per heavy atom. The zero-order chi connectivity index (χ0) is 24.7. The standard InChI is InChI=1S/C30H45SeTe.ClH/c1-20(22-18-23(27(2,3)4)31-24(19-22)28(5,6)7)14-15-21-16-25(29(8,9)10)32-26(17-21)30(11,12)13;/h14-19H,1-13H3;1H/q+1;/p-1/b15-14+;. The smallest absolute Gasteiger partial charge is 1.00 e. The second kappa shape index (κ2) is 10.9. The number of allylic oxidation sites excluding steroid dienone is 7. The van der Waals surface area contributed by atoms with E-state index in [0.717, 1.165) is 0 Å². The summed E-state index contributed by atoms with van der Waals surface area (Å²) in [6.45, 7) is 30.6. The van der Waals surface area contributed by atoms with Gasteiger partial charge in [-0.2, -0.15) is 0 Å². The maximum Gasteiger partial charge on any atom is -1.00 e. The Hall–Kier alpha value is -0.0909. The van der Waals surface area contributed by atoms with Crippen LogP contribution in [0, 0.1) is 10.8 Å². The first-order valence-corrected chi connectivity index (χ1v) is 15.8. The minimum Gasteiger partial charge on any atom is -1.00 e. The van der Waals surface area contributed by atoms with Crippen molar-refractivity contribution in [2.24, 2.45) is 10.8 Å². The Labute approximate surface area is 227 Å². The fraction of sp³-hybridized carbons (Fsp3) is 0.567. The fourth-order valence-electron chi connectivity index (χ4n) is 3.14. The topological polar surface area (TPSA) is 0 Å². The maximum absolute atomic E-state index is 2.47. The van der Waals surface area contributed by atoms with Crippen molar-refractivity contribution < 1.29 is 12.4 Å². The summed E-state index contributed by atoms with van der Waals surface area (Å²) in [6.07, 6.45) is 9.64. The van der Waals surface area contributed by atoms with Crippen LogP contribution in [0.15, 0.2) is 50.5 Å². The van der Waals surface area contributed by atoms with Crippen LogP contribution < -0.4 is 12.4 Å². The van der Waals surface area contributed by atoms with Crippen molar-refractivity contribution >= 4 is 41.5 Å². The van der Waals surface area contributed by atoms with Crippen molar-refractivity contribution in [3.63, 3.8) is 0 Å².